The second-order valence-electron chi connectivity index (χ2n) is 4.77. The molecule has 2 rings (SSSR count). The second kappa shape index (κ2) is 7.44. The van der Waals surface area contributed by atoms with Gasteiger partial charge in [-0.3, -0.25) is 9.59 Å². The van der Waals surface area contributed by atoms with E-state index in [1.54, 1.807) is 31.4 Å². The maximum atomic E-state index is 12.1. The van der Waals surface area contributed by atoms with Crippen molar-refractivity contribution in [3.8, 4) is 17.3 Å². The van der Waals surface area contributed by atoms with E-state index in [2.05, 4.69) is 10.4 Å². The summed E-state index contributed by atoms with van der Waals surface area (Å²) in [6, 6.07) is 8.27. The third-order valence-corrected chi connectivity index (χ3v) is 3.17. The predicted molar refractivity (Wildman–Crippen MR) is 85.6 cm³/mol. The summed E-state index contributed by atoms with van der Waals surface area (Å²) in [7, 11) is 3.01. The zero-order valence-corrected chi connectivity index (χ0v) is 13.3. The van der Waals surface area contributed by atoms with Gasteiger partial charge in [-0.05, 0) is 30.7 Å². The highest BCUT2D eigenvalue weighted by molar-refractivity contribution is 5.92. The van der Waals surface area contributed by atoms with Crippen LogP contribution < -0.4 is 20.2 Å². The Kier molecular flexibility index (Phi) is 5.35. The molecule has 23 heavy (non-hydrogen) atoms. The van der Waals surface area contributed by atoms with Crippen LogP contribution in [0.5, 0.6) is 11.6 Å². The zero-order chi connectivity index (χ0) is 16.8. The molecule has 0 radical (unpaired) electrons. The number of aromatic nitrogens is 2. The van der Waals surface area contributed by atoms with Gasteiger partial charge in [-0.2, -0.15) is 5.10 Å². The number of carbonyl (C=O) groups excluding carboxylic acids is 1. The molecule has 0 spiro atoms. The third-order valence-electron chi connectivity index (χ3n) is 3.17. The first-order valence-electron chi connectivity index (χ1n) is 7.21. The quantitative estimate of drug-likeness (QED) is 0.870. The van der Waals surface area contributed by atoms with E-state index in [0.717, 1.165) is 6.42 Å². The van der Waals surface area contributed by atoms with Crippen molar-refractivity contribution < 1.29 is 14.3 Å². The number of ether oxygens (including phenoxy) is 2. The van der Waals surface area contributed by atoms with Crippen molar-refractivity contribution in [1.82, 2.24) is 15.1 Å². The third kappa shape index (κ3) is 3.68. The summed E-state index contributed by atoms with van der Waals surface area (Å²) in [5, 5.41) is 6.80. The van der Waals surface area contributed by atoms with Crippen LogP contribution in [0.2, 0.25) is 0 Å². The van der Waals surface area contributed by atoms with E-state index in [4.69, 9.17) is 9.47 Å². The van der Waals surface area contributed by atoms with Crippen molar-refractivity contribution in [2.24, 2.45) is 0 Å². The van der Waals surface area contributed by atoms with Crippen LogP contribution in [0, 0.1) is 0 Å². The number of nitrogens with zero attached hydrogens (tertiary/aromatic N) is 2. The topological polar surface area (TPSA) is 82.5 Å². The predicted octanol–water partition coefficient (Wildman–Crippen LogP) is 1.39. The first kappa shape index (κ1) is 16.5. The van der Waals surface area contributed by atoms with Gasteiger partial charge in [0.15, 0.2) is 5.69 Å². The number of methoxy groups -OCH3 is 2. The summed E-state index contributed by atoms with van der Waals surface area (Å²) in [6.07, 6.45) is 0.772. The molecule has 1 heterocycles. The standard InChI is InChI=1S/C16H19N3O4/c1-4-9-17-16(21)15-13(20)10-14(23-3)19(18-15)11-5-7-12(22-2)8-6-11/h5-8,10H,4,9H2,1-3H3,(H,17,21). The number of rotatable bonds is 6. The Bertz CT molecular complexity index is 738. The van der Waals surface area contributed by atoms with Crippen LogP contribution in [0.4, 0.5) is 0 Å². The number of benzene rings is 1. The average molecular weight is 317 g/mol. The maximum absolute atomic E-state index is 12.1. The molecule has 0 bridgehead atoms. The smallest absolute Gasteiger partial charge is 0.275 e. The van der Waals surface area contributed by atoms with E-state index in [-0.39, 0.29) is 11.6 Å². The van der Waals surface area contributed by atoms with Crippen LogP contribution >= 0.6 is 0 Å². The van der Waals surface area contributed by atoms with Gasteiger partial charge in [0, 0.05) is 6.54 Å². The second-order valence-corrected chi connectivity index (χ2v) is 4.77. The van der Waals surface area contributed by atoms with Crippen LogP contribution in [0.25, 0.3) is 5.69 Å². The number of amides is 1. The lowest BCUT2D eigenvalue weighted by atomic mass is 10.3. The normalized spacial score (nSPS) is 10.2. The molecule has 1 aromatic heterocycles. The van der Waals surface area contributed by atoms with Gasteiger partial charge in [-0.1, -0.05) is 6.92 Å². The van der Waals surface area contributed by atoms with Crippen LogP contribution in [0.3, 0.4) is 0 Å². The maximum Gasteiger partial charge on any atom is 0.275 e. The van der Waals surface area contributed by atoms with Crippen molar-refractivity contribution in [3.63, 3.8) is 0 Å². The van der Waals surface area contributed by atoms with E-state index >= 15 is 0 Å². The highest BCUT2D eigenvalue weighted by Gasteiger charge is 2.16. The van der Waals surface area contributed by atoms with E-state index in [1.165, 1.54) is 17.9 Å². The molecule has 1 aromatic carbocycles. The highest BCUT2D eigenvalue weighted by atomic mass is 16.5. The molecule has 0 aliphatic carbocycles. The summed E-state index contributed by atoms with van der Waals surface area (Å²) >= 11 is 0. The highest BCUT2D eigenvalue weighted by Crippen LogP contribution is 2.18. The van der Waals surface area contributed by atoms with Gasteiger partial charge in [0.25, 0.3) is 5.91 Å². The molecule has 7 heteroatoms. The van der Waals surface area contributed by atoms with Crippen molar-refractivity contribution in [1.29, 1.82) is 0 Å². The molecule has 0 aliphatic rings. The van der Waals surface area contributed by atoms with Crippen LogP contribution in [-0.4, -0.2) is 36.5 Å². The van der Waals surface area contributed by atoms with Crippen LogP contribution in [-0.2, 0) is 0 Å². The monoisotopic (exact) mass is 317 g/mol. The van der Waals surface area contributed by atoms with E-state index < -0.39 is 11.3 Å². The lowest BCUT2D eigenvalue weighted by Gasteiger charge is -2.13. The fourth-order valence-electron chi connectivity index (χ4n) is 1.97. The van der Waals surface area contributed by atoms with Gasteiger partial charge in [-0.25, -0.2) is 4.68 Å². The van der Waals surface area contributed by atoms with Crippen LogP contribution in [0.15, 0.2) is 35.1 Å². The first-order valence-corrected chi connectivity index (χ1v) is 7.21. The number of hydrogen-bond acceptors (Lipinski definition) is 5. The minimum absolute atomic E-state index is 0.171. The molecule has 0 fully saturated rings. The SMILES string of the molecule is CCCNC(=O)c1nn(-c2ccc(OC)cc2)c(OC)cc1=O. The lowest BCUT2D eigenvalue weighted by molar-refractivity contribution is 0.0945. The van der Waals surface area contributed by atoms with Crippen molar-refractivity contribution in [2.45, 2.75) is 13.3 Å². The fraction of sp³-hybridized carbons (Fsp3) is 0.312. The Labute approximate surface area is 133 Å². The molecule has 0 saturated carbocycles. The van der Waals surface area contributed by atoms with E-state index in [1.807, 2.05) is 6.92 Å². The molecular formula is C16H19N3O4. The van der Waals surface area contributed by atoms with E-state index in [9.17, 15) is 9.59 Å². The molecular weight excluding hydrogens is 298 g/mol. The fourth-order valence-corrected chi connectivity index (χ4v) is 1.97. The minimum atomic E-state index is -0.498. The largest absolute Gasteiger partial charge is 0.497 e. The molecule has 1 amide bonds. The molecule has 2 aromatic rings. The summed E-state index contributed by atoms with van der Waals surface area (Å²) in [5.41, 5.74) is -0.0116. The average Bonchev–Trinajstić information content (AvgIpc) is 2.59. The summed E-state index contributed by atoms with van der Waals surface area (Å²) in [5.74, 6) is 0.434. The number of carbonyl (C=O) groups is 1. The summed E-state index contributed by atoms with van der Waals surface area (Å²) in [4.78, 5) is 24.1. The van der Waals surface area contributed by atoms with Gasteiger partial charge in [0.2, 0.25) is 11.3 Å². The molecule has 1 N–H and O–H groups in total. The number of nitrogens with one attached hydrogen (secondary N) is 1. The Morgan fingerprint density at radius 1 is 1.22 bits per heavy atom. The summed E-state index contributed by atoms with van der Waals surface area (Å²) < 4.78 is 11.7. The zero-order valence-electron chi connectivity index (χ0n) is 13.3. The Morgan fingerprint density at radius 2 is 1.91 bits per heavy atom. The van der Waals surface area contributed by atoms with Crippen molar-refractivity contribution in [3.05, 3.63) is 46.2 Å². The molecule has 0 unspecified atom stereocenters. The number of hydrogen-bond donors (Lipinski definition) is 1. The lowest BCUT2D eigenvalue weighted by Crippen LogP contribution is -2.32. The van der Waals surface area contributed by atoms with Gasteiger partial charge in [0.1, 0.15) is 5.75 Å². The van der Waals surface area contributed by atoms with Crippen molar-refractivity contribution >= 4 is 5.91 Å². The molecule has 0 atom stereocenters. The molecule has 0 saturated heterocycles. The van der Waals surface area contributed by atoms with Gasteiger partial charge < -0.3 is 14.8 Å². The molecule has 0 aliphatic heterocycles. The molecule has 122 valence electrons. The minimum Gasteiger partial charge on any atom is -0.497 e. The Morgan fingerprint density at radius 3 is 2.48 bits per heavy atom. The van der Waals surface area contributed by atoms with Crippen LogP contribution in [0.1, 0.15) is 23.8 Å². The molecule has 7 nitrogen and oxygen atoms in total. The van der Waals surface area contributed by atoms with Gasteiger partial charge in [0.05, 0.1) is 26.0 Å². The van der Waals surface area contributed by atoms with Gasteiger partial charge in [-0.15, -0.1) is 0 Å². The van der Waals surface area contributed by atoms with Crippen molar-refractivity contribution in [2.75, 3.05) is 20.8 Å². The van der Waals surface area contributed by atoms with E-state index in [0.29, 0.717) is 18.0 Å². The Balaban J connectivity index is 2.48. The van der Waals surface area contributed by atoms with Gasteiger partial charge >= 0.3 is 0 Å². The Hall–Kier alpha value is -2.83. The summed E-state index contributed by atoms with van der Waals surface area (Å²) in [6.45, 7) is 2.41. The first-order chi connectivity index (χ1) is 11.1.